The maximum atomic E-state index is 13.4. The summed E-state index contributed by atoms with van der Waals surface area (Å²) in [5.74, 6) is -0.194. The summed E-state index contributed by atoms with van der Waals surface area (Å²) in [5.41, 5.74) is 0. The average Bonchev–Trinajstić information content (AvgIpc) is 0.800. The largest absolute Gasteiger partial charge is 0.394 e. The molecule has 2 saturated heterocycles. The van der Waals surface area contributed by atoms with Gasteiger partial charge in [0.05, 0.1) is 32.0 Å². The zero-order chi connectivity index (χ0) is 68.7. The highest BCUT2D eigenvalue weighted by Gasteiger charge is 2.51. The molecule has 2 fully saturated rings. The molecule has 0 bridgehead atoms. The Bertz CT molecular complexity index is 1600. The molecule has 1 amide bonds. The lowest BCUT2D eigenvalue weighted by atomic mass is 9.97. The number of carbonyl (C=O) groups is 1. The highest BCUT2D eigenvalue weighted by atomic mass is 16.7. The molecule has 12 unspecified atom stereocenters. The van der Waals surface area contributed by atoms with Crippen LogP contribution in [-0.4, -0.2) is 140 Å². The van der Waals surface area contributed by atoms with Crippen LogP contribution in [0, 0.1) is 0 Å². The molecule has 2 heterocycles. The third-order valence-corrected chi connectivity index (χ3v) is 21.1. The van der Waals surface area contributed by atoms with Crippen LogP contribution in [0.2, 0.25) is 0 Å². The van der Waals surface area contributed by atoms with Gasteiger partial charge in [-0.25, -0.2) is 0 Å². The Hall–Kier alpha value is -1.01. The van der Waals surface area contributed by atoms with Crippen LogP contribution >= 0.6 is 0 Å². The average molecular weight is 1360 g/mol. The van der Waals surface area contributed by atoms with Crippen LogP contribution in [-0.2, 0) is 23.7 Å². The van der Waals surface area contributed by atoms with Gasteiger partial charge in [-0.3, -0.25) is 4.79 Å². The molecule has 0 aromatic carbocycles. The number of hydrogen-bond donors (Lipinski definition) is 9. The van der Waals surface area contributed by atoms with Crippen molar-refractivity contribution < 1.29 is 64.6 Å². The Morgan fingerprint density at radius 3 is 0.895 bits per heavy atom. The second kappa shape index (κ2) is 66.2. The highest BCUT2D eigenvalue weighted by Crippen LogP contribution is 2.31. The SMILES string of the molecule is CCCCCCCCCCCCCCCCCCCCCCCCCCCCCCCCCCCCCC(=O)NC(COC1OC(CO)C(OC2OC(CO)C(O)C(O)C2O)C(O)C1O)C(O)CCCCCCCCCCCCCCCCCCCCCCCCCCCC. The van der Waals surface area contributed by atoms with Crippen LogP contribution in [0.1, 0.15) is 418 Å². The molecule has 0 aliphatic carbocycles. The van der Waals surface area contributed by atoms with Gasteiger partial charge in [-0.15, -0.1) is 0 Å². The molecule has 95 heavy (non-hydrogen) atoms. The first-order valence-electron chi connectivity index (χ1n) is 41.8. The third-order valence-electron chi connectivity index (χ3n) is 21.1. The normalized spacial score (nSPS) is 22.2. The summed E-state index contributed by atoms with van der Waals surface area (Å²) in [4.78, 5) is 13.4. The number of hydrogen-bond acceptors (Lipinski definition) is 13. The van der Waals surface area contributed by atoms with Gasteiger partial charge in [-0.1, -0.05) is 399 Å². The lowest BCUT2D eigenvalue weighted by molar-refractivity contribution is -0.359. The lowest BCUT2D eigenvalue weighted by Gasteiger charge is -2.46. The Kier molecular flexibility index (Phi) is 62.8. The van der Waals surface area contributed by atoms with E-state index in [0.717, 1.165) is 51.4 Å². The van der Waals surface area contributed by atoms with E-state index in [1.807, 2.05) is 0 Å². The number of nitrogens with one attached hydrogen (secondary N) is 1. The van der Waals surface area contributed by atoms with Gasteiger partial charge in [-0.05, 0) is 12.8 Å². The van der Waals surface area contributed by atoms with Crippen molar-refractivity contribution in [3.05, 3.63) is 0 Å². The maximum absolute atomic E-state index is 13.4. The van der Waals surface area contributed by atoms with E-state index < -0.39 is 86.8 Å². The van der Waals surface area contributed by atoms with Gasteiger partial charge in [0.1, 0.15) is 48.8 Å². The van der Waals surface area contributed by atoms with E-state index in [1.54, 1.807) is 0 Å². The van der Waals surface area contributed by atoms with Crippen LogP contribution in [0.5, 0.6) is 0 Å². The molecule has 2 aliphatic rings. The Morgan fingerprint density at radius 1 is 0.337 bits per heavy atom. The number of rotatable bonds is 72. The van der Waals surface area contributed by atoms with Crippen molar-refractivity contribution in [2.75, 3.05) is 19.8 Å². The van der Waals surface area contributed by atoms with Crippen LogP contribution in [0.3, 0.4) is 0 Å². The van der Waals surface area contributed by atoms with E-state index in [1.165, 1.54) is 340 Å². The van der Waals surface area contributed by atoms with Crippen LogP contribution in [0.15, 0.2) is 0 Å². The van der Waals surface area contributed by atoms with Crippen molar-refractivity contribution in [3.8, 4) is 0 Å². The molecule has 9 N–H and O–H groups in total. The number of ether oxygens (including phenoxy) is 4. The Balaban J connectivity index is 1.57. The summed E-state index contributed by atoms with van der Waals surface area (Å²) in [5, 5.41) is 87.9. The fourth-order valence-corrected chi connectivity index (χ4v) is 14.5. The first-order chi connectivity index (χ1) is 46.6. The van der Waals surface area contributed by atoms with Crippen molar-refractivity contribution >= 4 is 5.91 Å². The second-order valence-corrected chi connectivity index (χ2v) is 30.0. The first-order valence-corrected chi connectivity index (χ1v) is 41.8. The first kappa shape index (κ1) is 90.1. The molecule has 12 atom stereocenters. The van der Waals surface area contributed by atoms with E-state index in [2.05, 4.69) is 19.2 Å². The predicted molar refractivity (Wildman–Crippen MR) is 393 cm³/mol. The number of carbonyl (C=O) groups excluding carboxylic acids is 1. The Labute approximate surface area is 584 Å². The maximum Gasteiger partial charge on any atom is 0.220 e. The topological polar surface area (TPSA) is 228 Å². The fourth-order valence-electron chi connectivity index (χ4n) is 14.5. The molecule has 0 aromatic heterocycles. The van der Waals surface area contributed by atoms with Crippen molar-refractivity contribution in [3.63, 3.8) is 0 Å². The van der Waals surface area contributed by atoms with Crippen molar-refractivity contribution in [2.45, 2.75) is 492 Å². The number of unbranched alkanes of at least 4 members (excludes halogenated alkanes) is 59. The minimum atomic E-state index is -1.78. The van der Waals surface area contributed by atoms with Gasteiger partial charge in [0, 0.05) is 6.42 Å². The van der Waals surface area contributed by atoms with Crippen molar-refractivity contribution in [1.82, 2.24) is 5.32 Å². The van der Waals surface area contributed by atoms with Gasteiger partial charge in [-0.2, -0.15) is 0 Å². The monoisotopic (exact) mass is 1350 g/mol. The minimum Gasteiger partial charge on any atom is -0.394 e. The minimum absolute atomic E-state index is 0.194. The van der Waals surface area contributed by atoms with E-state index in [9.17, 15) is 45.6 Å². The van der Waals surface area contributed by atoms with Crippen molar-refractivity contribution in [2.24, 2.45) is 0 Å². The molecular weight excluding hydrogens is 1190 g/mol. The summed E-state index contributed by atoms with van der Waals surface area (Å²) in [7, 11) is 0. The van der Waals surface area contributed by atoms with Crippen LogP contribution in [0.25, 0.3) is 0 Å². The van der Waals surface area contributed by atoms with E-state index in [4.69, 9.17) is 18.9 Å². The second-order valence-electron chi connectivity index (χ2n) is 30.0. The molecule has 0 aromatic rings. The smallest absolute Gasteiger partial charge is 0.220 e. The molecule has 2 aliphatic heterocycles. The van der Waals surface area contributed by atoms with Gasteiger partial charge in [0.25, 0.3) is 0 Å². The predicted octanol–water partition coefficient (Wildman–Crippen LogP) is 19.1. The molecule has 2 rings (SSSR count). The fraction of sp³-hybridized carbons (Fsp3) is 0.988. The van der Waals surface area contributed by atoms with E-state index in [0.29, 0.717) is 12.8 Å². The summed E-state index contributed by atoms with van der Waals surface area (Å²) in [6.07, 6.45) is 65.9. The number of aliphatic hydroxyl groups excluding tert-OH is 8. The molecule has 0 saturated carbocycles. The molecule has 14 nitrogen and oxygen atoms in total. The van der Waals surface area contributed by atoms with E-state index in [-0.39, 0.29) is 12.5 Å². The molecule has 0 spiro atoms. The van der Waals surface area contributed by atoms with Crippen LogP contribution < -0.4 is 5.32 Å². The van der Waals surface area contributed by atoms with Gasteiger partial charge >= 0.3 is 0 Å². The number of amides is 1. The van der Waals surface area contributed by atoms with E-state index >= 15 is 0 Å². The highest BCUT2D eigenvalue weighted by molar-refractivity contribution is 5.76. The quantitative estimate of drug-likeness (QED) is 0.0259. The number of aliphatic hydroxyl groups is 8. The van der Waals surface area contributed by atoms with Gasteiger partial charge < -0.3 is 65.1 Å². The van der Waals surface area contributed by atoms with Gasteiger partial charge in [0.2, 0.25) is 5.91 Å². The van der Waals surface area contributed by atoms with Crippen LogP contribution in [0.4, 0.5) is 0 Å². The summed E-state index contributed by atoms with van der Waals surface area (Å²) in [6, 6.07) is -0.826. The molecule has 566 valence electrons. The zero-order valence-electron chi connectivity index (χ0n) is 62.2. The summed E-state index contributed by atoms with van der Waals surface area (Å²) < 4.78 is 23.0. The molecule has 0 radical (unpaired) electrons. The van der Waals surface area contributed by atoms with Gasteiger partial charge in [0.15, 0.2) is 12.6 Å². The lowest BCUT2D eigenvalue weighted by Crippen LogP contribution is -2.65. The standard InChI is InChI=1S/C81H159NO13/c1-3-5-7-9-11-13-15-17-19-21-23-25-27-29-31-32-33-34-35-36-37-38-39-41-43-45-47-49-51-53-55-57-59-61-63-65-73(86)82-69(68-92-80-78(91)76(89)79(72(67-84)94-80)95-81-77(90)75(88)74(87)71(66-83)93-81)70(85)64-62-60-58-56-54-52-50-48-46-44-42-40-30-28-26-24-22-20-18-16-14-12-10-8-6-4-2/h69-72,74-81,83-85,87-91H,3-68H2,1-2H3,(H,82,86). The molecular formula is C81H159NO13. The summed E-state index contributed by atoms with van der Waals surface area (Å²) >= 11 is 0. The zero-order valence-corrected chi connectivity index (χ0v) is 62.2. The third kappa shape index (κ3) is 49.3. The van der Waals surface area contributed by atoms with Crippen molar-refractivity contribution in [1.29, 1.82) is 0 Å². The summed E-state index contributed by atoms with van der Waals surface area (Å²) in [6.45, 7) is 2.95. The molecule has 14 heteroatoms. The Morgan fingerprint density at radius 2 is 0.600 bits per heavy atom.